The Hall–Kier alpha value is -1.01. The van der Waals surface area contributed by atoms with E-state index in [2.05, 4.69) is 0 Å². The van der Waals surface area contributed by atoms with Crippen molar-refractivity contribution in [2.45, 2.75) is 39.2 Å². The van der Waals surface area contributed by atoms with Gasteiger partial charge < -0.3 is 19.7 Å². The number of nitrogens with zero attached hydrogens (tertiary/aromatic N) is 1. The molecule has 1 heterocycles. The fraction of sp³-hybridized carbons (Fsp3) is 0.727. The minimum Gasteiger partial charge on any atom is -0.444 e. The average Bonchev–Trinajstić information content (AvgIpc) is 2.39. The first-order chi connectivity index (χ1) is 7.79. The molecule has 0 aromatic rings. The van der Waals surface area contributed by atoms with Crippen molar-refractivity contribution in [2.24, 2.45) is 0 Å². The molecule has 1 amide bonds. The lowest BCUT2D eigenvalue weighted by Gasteiger charge is -2.27. The minimum atomic E-state index is -1.50. The van der Waals surface area contributed by atoms with Crippen LogP contribution in [0.25, 0.3) is 0 Å². The zero-order valence-electron chi connectivity index (χ0n) is 10.6. The normalized spacial score (nSPS) is 17.2. The Labute approximate surface area is 102 Å². The molecule has 6 heteroatoms. The van der Waals surface area contributed by atoms with Crippen molar-refractivity contribution in [2.75, 3.05) is 13.1 Å². The molecule has 0 radical (unpaired) electrons. The molecule has 0 aromatic carbocycles. The summed E-state index contributed by atoms with van der Waals surface area (Å²) in [5.74, 6) is 0. The highest BCUT2D eigenvalue weighted by Gasteiger charge is 2.26. The second-order valence-electron chi connectivity index (χ2n) is 5.20. The molecule has 17 heavy (non-hydrogen) atoms. The van der Waals surface area contributed by atoms with Crippen molar-refractivity contribution in [1.29, 1.82) is 0 Å². The number of hydrogen-bond donors (Lipinski definition) is 2. The largest absolute Gasteiger partial charge is 0.485 e. The van der Waals surface area contributed by atoms with Gasteiger partial charge in [0.15, 0.2) is 0 Å². The number of rotatable bonds is 1. The highest BCUT2D eigenvalue weighted by molar-refractivity contribution is 6.50. The molecule has 96 valence electrons. The molecule has 1 aliphatic rings. The van der Waals surface area contributed by atoms with E-state index in [-0.39, 0.29) is 6.54 Å². The number of carbonyl (C=O) groups is 1. The van der Waals surface area contributed by atoms with Gasteiger partial charge in [-0.25, -0.2) is 4.79 Å². The summed E-state index contributed by atoms with van der Waals surface area (Å²) in [6, 6.07) is 0. The summed E-state index contributed by atoms with van der Waals surface area (Å²) >= 11 is 0. The highest BCUT2D eigenvalue weighted by atomic mass is 16.6. The second-order valence-corrected chi connectivity index (χ2v) is 5.20. The van der Waals surface area contributed by atoms with Gasteiger partial charge in [-0.05, 0) is 39.1 Å². The van der Waals surface area contributed by atoms with Crippen LogP contribution in [0.15, 0.2) is 11.5 Å². The van der Waals surface area contributed by atoms with Crippen LogP contribution >= 0.6 is 0 Å². The predicted molar refractivity (Wildman–Crippen MR) is 65.3 cm³/mol. The summed E-state index contributed by atoms with van der Waals surface area (Å²) in [7, 11) is -1.50. The van der Waals surface area contributed by atoms with Gasteiger partial charge in [-0.1, -0.05) is 6.08 Å². The van der Waals surface area contributed by atoms with Crippen molar-refractivity contribution in [3.63, 3.8) is 0 Å². The summed E-state index contributed by atoms with van der Waals surface area (Å²) < 4.78 is 5.26. The third kappa shape index (κ3) is 4.79. The number of hydrogen-bond acceptors (Lipinski definition) is 4. The molecule has 0 aromatic heterocycles. The summed E-state index contributed by atoms with van der Waals surface area (Å²) in [4.78, 5) is 13.4. The van der Waals surface area contributed by atoms with Crippen molar-refractivity contribution in [3.8, 4) is 0 Å². The zero-order valence-corrected chi connectivity index (χ0v) is 10.6. The van der Waals surface area contributed by atoms with Gasteiger partial charge in [0.1, 0.15) is 5.60 Å². The Bertz CT molecular complexity index is 309. The number of allylic oxidation sites excluding steroid dienone is 1. The summed E-state index contributed by atoms with van der Waals surface area (Å²) in [5, 5.41) is 18.3. The third-order valence-electron chi connectivity index (χ3n) is 2.40. The van der Waals surface area contributed by atoms with E-state index < -0.39 is 18.8 Å². The van der Waals surface area contributed by atoms with Crippen LogP contribution in [0.2, 0.25) is 0 Å². The number of carbonyl (C=O) groups excluding carboxylic acids is 1. The molecule has 0 spiro atoms. The summed E-state index contributed by atoms with van der Waals surface area (Å²) in [5.41, 5.74) is -0.0844. The molecular formula is C11H20BNO4. The molecule has 0 saturated carbocycles. The van der Waals surface area contributed by atoms with E-state index in [1.807, 2.05) is 0 Å². The van der Waals surface area contributed by atoms with Gasteiger partial charge in [-0.15, -0.1) is 0 Å². The Morgan fingerprint density at radius 1 is 1.47 bits per heavy atom. The monoisotopic (exact) mass is 241 g/mol. The Balaban J connectivity index is 2.65. The fourth-order valence-corrected chi connectivity index (χ4v) is 1.60. The SMILES string of the molecule is CC(C)(C)OC(=O)N1CCCC=C(B(O)O)C1. The van der Waals surface area contributed by atoms with E-state index in [4.69, 9.17) is 14.8 Å². The molecular weight excluding hydrogens is 221 g/mol. The van der Waals surface area contributed by atoms with Crippen LogP contribution in [0.4, 0.5) is 4.79 Å². The van der Waals surface area contributed by atoms with Crippen LogP contribution in [0.5, 0.6) is 0 Å². The van der Waals surface area contributed by atoms with Crippen molar-refractivity contribution in [3.05, 3.63) is 11.5 Å². The maximum absolute atomic E-state index is 11.8. The van der Waals surface area contributed by atoms with Gasteiger partial charge >= 0.3 is 13.2 Å². The van der Waals surface area contributed by atoms with Gasteiger partial charge in [0.05, 0.1) is 0 Å². The Kier molecular flexibility index (Phi) is 4.59. The minimum absolute atomic E-state index is 0.215. The summed E-state index contributed by atoms with van der Waals surface area (Å²) in [6.45, 7) is 6.20. The van der Waals surface area contributed by atoms with Crippen LogP contribution in [0.3, 0.4) is 0 Å². The predicted octanol–water partition coefficient (Wildman–Crippen LogP) is 0.956. The molecule has 5 nitrogen and oxygen atoms in total. The molecule has 0 unspecified atom stereocenters. The topological polar surface area (TPSA) is 70.0 Å². The molecule has 1 aliphatic heterocycles. The quantitative estimate of drug-likeness (QED) is 0.670. The van der Waals surface area contributed by atoms with Gasteiger partial charge in [0, 0.05) is 13.1 Å². The summed E-state index contributed by atoms with van der Waals surface area (Å²) in [6.07, 6.45) is 2.91. The fourth-order valence-electron chi connectivity index (χ4n) is 1.60. The van der Waals surface area contributed by atoms with Crippen molar-refractivity contribution < 1.29 is 19.6 Å². The van der Waals surface area contributed by atoms with Gasteiger partial charge in [0.25, 0.3) is 0 Å². The Morgan fingerprint density at radius 3 is 2.65 bits per heavy atom. The molecule has 0 bridgehead atoms. The first-order valence-electron chi connectivity index (χ1n) is 5.82. The first kappa shape index (κ1) is 14.1. The first-order valence-corrected chi connectivity index (χ1v) is 5.82. The van der Waals surface area contributed by atoms with Crippen LogP contribution in [0.1, 0.15) is 33.6 Å². The van der Waals surface area contributed by atoms with E-state index in [1.54, 1.807) is 26.8 Å². The van der Waals surface area contributed by atoms with Crippen LogP contribution in [-0.4, -0.2) is 46.9 Å². The van der Waals surface area contributed by atoms with Gasteiger partial charge in [-0.2, -0.15) is 0 Å². The lowest BCUT2D eigenvalue weighted by atomic mass is 9.78. The third-order valence-corrected chi connectivity index (χ3v) is 2.40. The maximum Gasteiger partial charge on any atom is 0.485 e. The molecule has 0 saturated heterocycles. The van der Waals surface area contributed by atoms with Crippen LogP contribution in [0, 0.1) is 0 Å². The lowest BCUT2D eigenvalue weighted by Crippen LogP contribution is -2.39. The molecule has 0 fully saturated rings. The number of amides is 1. The van der Waals surface area contributed by atoms with E-state index in [0.29, 0.717) is 12.0 Å². The van der Waals surface area contributed by atoms with E-state index >= 15 is 0 Å². The molecule has 1 rings (SSSR count). The van der Waals surface area contributed by atoms with E-state index in [1.165, 1.54) is 4.90 Å². The smallest absolute Gasteiger partial charge is 0.444 e. The van der Waals surface area contributed by atoms with E-state index in [0.717, 1.165) is 12.8 Å². The maximum atomic E-state index is 11.8. The second kappa shape index (κ2) is 5.55. The van der Waals surface area contributed by atoms with E-state index in [9.17, 15) is 4.79 Å². The molecule has 0 aliphatic carbocycles. The lowest BCUT2D eigenvalue weighted by molar-refractivity contribution is 0.0271. The van der Waals surface area contributed by atoms with Gasteiger partial charge in [-0.3, -0.25) is 0 Å². The molecule has 2 N–H and O–H groups in total. The van der Waals surface area contributed by atoms with Crippen molar-refractivity contribution in [1.82, 2.24) is 4.90 Å². The number of ether oxygens (including phenoxy) is 1. The molecule has 0 atom stereocenters. The highest BCUT2D eigenvalue weighted by Crippen LogP contribution is 2.15. The average molecular weight is 241 g/mol. The standard InChI is InChI=1S/C11H20BNO4/c1-11(2,3)17-10(14)13-7-5-4-6-9(8-13)12(15)16/h6,15-16H,4-5,7-8H2,1-3H3. The van der Waals surface area contributed by atoms with Crippen LogP contribution in [-0.2, 0) is 4.74 Å². The van der Waals surface area contributed by atoms with Crippen molar-refractivity contribution >= 4 is 13.2 Å². The zero-order chi connectivity index (χ0) is 13.1. The van der Waals surface area contributed by atoms with Gasteiger partial charge in [0.2, 0.25) is 0 Å². The Morgan fingerprint density at radius 2 is 2.12 bits per heavy atom. The van der Waals surface area contributed by atoms with Crippen LogP contribution < -0.4 is 0 Å².